The van der Waals surface area contributed by atoms with Crippen LogP contribution in [-0.2, 0) is 6.54 Å². The number of hydrogen-bond donors (Lipinski definition) is 0. The molecule has 3 aromatic rings. The highest BCUT2D eigenvalue weighted by Crippen LogP contribution is 2.28. The van der Waals surface area contributed by atoms with Crippen molar-refractivity contribution in [1.82, 2.24) is 4.57 Å². The summed E-state index contributed by atoms with van der Waals surface area (Å²) >= 11 is 12.5. The molecule has 0 saturated heterocycles. The van der Waals surface area contributed by atoms with Gasteiger partial charge in [0.25, 0.3) is 0 Å². The van der Waals surface area contributed by atoms with Crippen LogP contribution in [0.3, 0.4) is 0 Å². The highest BCUT2D eigenvalue weighted by molar-refractivity contribution is 6.37. The van der Waals surface area contributed by atoms with E-state index in [2.05, 4.69) is 11.5 Å². The van der Waals surface area contributed by atoms with Crippen LogP contribution in [0.15, 0.2) is 41.2 Å². The van der Waals surface area contributed by atoms with E-state index in [0.717, 1.165) is 30.4 Å². The van der Waals surface area contributed by atoms with Crippen LogP contribution in [-0.4, -0.2) is 4.57 Å². The molecule has 2 aromatic carbocycles. The summed E-state index contributed by atoms with van der Waals surface area (Å²) in [5, 5.41) is 2.06. The van der Waals surface area contributed by atoms with E-state index in [-0.39, 0.29) is 5.43 Å². The van der Waals surface area contributed by atoms with Crippen LogP contribution >= 0.6 is 23.2 Å². The Bertz CT molecular complexity index is 817. The van der Waals surface area contributed by atoms with E-state index >= 15 is 0 Å². The number of fused-ring (bicyclic) bond motifs is 2. The van der Waals surface area contributed by atoms with E-state index < -0.39 is 0 Å². The first-order chi connectivity index (χ1) is 10.1. The molecule has 0 amide bonds. The second-order valence-corrected chi connectivity index (χ2v) is 5.92. The third kappa shape index (κ3) is 2.33. The van der Waals surface area contributed by atoms with Gasteiger partial charge in [0.1, 0.15) is 0 Å². The maximum atomic E-state index is 12.8. The SMILES string of the molecule is CCCCn1c2cccc(Cl)c2c(=O)c2c(Cl)cccc21. The van der Waals surface area contributed by atoms with Crippen LogP contribution in [0.5, 0.6) is 0 Å². The molecule has 0 bridgehead atoms. The molecule has 1 heterocycles. The molecule has 0 spiro atoms. The molecule has 0 radical (unpaired) electrons. The first-order valence-corrected chi connectivity index (χ1v) is 7.80. The van der Waals surface area contributed by atoms with Crippen molar-refractivity contribution in [3.63, 3.8) is 0 Å². The van der Waals surface area contributed by atoms with Crippen LogP contribution in [0.25, 0.3) is 21.8 Å². The van der Waals surface area contributed by atoms with E-state index in [1.807, 2.05) is 24.3 Å². The van der Waals surface area contributed by atoms with Gasteiger partial charge in [-0.25, -0.2) is 0 Å². The molecule has 3 rings (SSSR count). The van der Waals surface area contributed by atoms with Gasteiger partial charge in [-0.15, -0.1) is 0 Å². The fourth-order valence-electron chi connectivity index (χ4n) is 2.74. The van der Waals surface area contributed by atoms with Crippen molar-refractivity contribution in [3.05, 3.63) is 56.7 Å². The maximum Gasteiger partial charge on any atom is 0.200 e. The molecule has 2 nitrogen and oxygen atoms in total. The monoisotopic (exact) mass is 319 g/mol. The standard InChI is InChI=1S/C17H15Cl2NO/c1-2-3-10-20-13-8-4-6-11(18)15(13)17(21)16-12(19)7-5-9-14(16)20/h4-9H,2-3,10H2,1H3. The molecule has 0 unspecified atom stereocenters. The lowest BCUT2D eigenvalue weighted by Gasteiger charge is -2.16. The maximum absolute atomic E-state index is 12.8. The molecule has 0 aliphatic rings. The lowest BCUT2D eigenvalue weighted by Crippen LogP contribution is -2.12. The number of rotatable bonds is 3. The van der Waals surface area contributed by atoms with E-state index in [4.69, 9.17) is 23.2 Å². The van der Waals surface area contributed by atoms with Gasteiger partial charge in [0.2, 0.25) is 0 Å². The summed E-state index contributed by atoms with van der Waals surface area (Å²) in [4.78, 5) is 12.8. The summed E-state index contributed by atoms with van der Waals surface area (Å²) < 4.78 is 2.15. The van der Waals surface area contributed by atoms with Gasteiger partial charge in [-0.2, -0.15) is 0 Å². The van der Waals surface area contributed by atoms with Crippen molar-refractivity contribution in [2.75, 3.05) is 0 Å². The second kappa shape index (κ2) is 5.70. The van der Waals surface area contributed by atoms with Crippen LogP contribution in [0.1, 0.15) is 19.8 Å². The van der Waals surface area contributed by atoms with Crippen molar-refractivity contribution in [1.29, 1.82) is 0 Å². The normalized spacial score (nSPS) is 11.4. The Morgan fingerprint density at radius 2 is 1.48 bits per heavy atom. The quantitative estimate of drug-likeness (QED) is 0.603. The number of nitrogens with zero attached hydrogens (tertiary/aromatic N) is 1. The molecule has 0 aliphatic heterocycles. The molecule has 0 fully saturated rings. The van der Waals surface area contributed by atoms with Crippen LogP contribution < -0.4 is 5.43 Å². The van der Waals surface area contributed by atoms with E-state index in [1.165, 1.54) is 0 Å². The number of benzene rings is 2. The van der Waals surface area contributed by atoms with Gasteiger partial charge >= 0.3 is 0 Å². The summed E-state index contributed by atoms with van der Waals surface area (Å²) in [7, 11) is 0. The number of hydrogen-bond acceptors (Lipinski definition) is 1. The predicted molar refractivity (Wildman–Crippen MR) is 90.6 cm³/mol. The van der Waals surface area contributed by atoms with Crippen molar-refractivity contribution in [3.8, 4) is 0 Å². The van der Waals surface area contributed by atoms with Gasteiger partial charge in [0, 0.05) is 6.54 Å². The van der Waals surface area contributed by atoms with Gasteiger partial charge in [-0.1, -0.05) is 48.7 Å². The van der Waals surface area contributed by atoms with Gasteiger partial charge in [0.15, 0.2) is 5.43 Å². The number of aryl methyl sites for hydroxylation is 1. The Morgan fingerprint density at radius 1 is 0.952 bits per heavy atom. The Balaban J connectivity index is 2.55. The van der Waals surface area contributed by atoms with Crippen molar-refractivity contribution >= 4 is 45.0 Å². The Kier molecular flexibility index (Phi) is 3.92. The predicted octanol–water partition coefficient (Wildman–Crippen LogP) is 5.26. The minimum Gasteiger partial charge on any atom is -0.340 e. The second-order valence-electron chi connectivity index (χ2n) is 5.10. The van der Waals surface area contributed by atoms with E-state index in [9.17, 15) is 4.79 Å². The first-order valence-electron chi connectivity index (χ1n) is 7.04. The van der Waals surface area contributed by atoms with Crippen LogP contribution in [0.2, 0.25) is 10.0 Å². The van der Waals surface area contributed by atoms with Gasteiger partial charge in [-0.05, 0) is 30.7 Å². The highest BCUT2D eigenvalue weighted by atomic mass is 35.5. The third-order valence-corrected chi connectivity index (χ3v) is 4.38. The van der Waals surface area contributed by atoms with Gasteiger partial charge < -0.3 is 4.57 Å². The van der Waals surface area contributed by atoms with Crippen molar-refractivity contribution < 1.29 is 0 Å². The molecule has 4 heteroatoms. The van der Waals surface area contributed by atoms with E-state index in [0.29, 0.717) is 20.8 Å². The van der Waals surface area contributed by atoms with E-state index in [1.54, 1.807) is 12.1 Å². The van der Waals surface area contributed by atoms with Crippen LogP contribution in [0, 0.1) is 0 Å². The largest absolute Gasteiger partial charge is 0.340 e. The minimum atomic E-state index is -0.0936. The lowest BCUT2D eigenvalue weighted by atomic mass is 10.1. The lowest BCUT2D eigenvalue weighted by molar-refractivity contribution is 0.662. The average Bonchev–Trinajstić information content (AvgIpc) is 2.47. The molecule has 1 aromatic heterocycles. The minimum absolute atomic E-state index is 0.0936. The first kappa shape index (κ1) is 14.4. The molecular formula is C17H15Cl2NO. The molecule has 0 aliphatic carbocycles. The fourth-order valence-corrected chi connectivity index (χ4v) is 3.25. The molecule has 0 saturated carbocycles. The Hall–Kier alpha value is -1.51. The summed E-state index contributed by atoms with van der Waals surface area (Å²) in [6.07, 6.45) is 2.11. The summed E-state index contributed by atoms with van der Waals surface area (Å²) in [5.74, 6) is 0. The summed E-state index contributed by atoms with van der Waals surface area (Å²) in [6, 6.07) is 11.1. The molecule has 0 N–H and O–H groups in total. The number of aromatic nitrogens is 1. The average molecular weight is 320 g/mol. The van der Waals surface area contributed by atoms with Crippen LogP contribution in [0.4, 0.5) is 0 Å². The zero-order valence-corrected chi connectivity index (χ0v) is 13.2. The molecule has 21 heavy (non-hydrogen) atoms. The molecule has 108 valence electrons. The molecule has 0 atom stereocenters. The Morgan fingerprint density at radius 3 is 1.95 bits per heavy atom. The zero-order valence-electron chi connectivity index (χ0n) is 11.7. The van der Waals surface area contributed by atoms with Crippen molar-refractivity contribution in [2.24, 2.45) is 0 Å². The molecular weight excluding hydrogens is 305 g/mol. The topological polar surface area (TPSA) is 22.0 Å². The summed E-state index contributed by atoms with van der Waals surface area (Å²) in [5.41, 5.74) is 1.65. The third-order valence-electron chi connectivity index (χ3n) is 3.75. The number of pyridine rings is 1. The number of halogens is 2. The zero-order chi connectivity index (χ0) is 15.0. The fraction of sp³-hybridized carbons (Fsp3) is 0.235. The summed E-state index contributed by atoms with van der Waals surface area (Å²) in [6.45, 7) is 2.98. The smallest absolute Gasteiger partial charge is 0.200 e. The van der Waals surface area contributed by atoms with Crippen molar-refractivity contribution in [2.45, 2.75) is 26.3 Å². The number of unbranched alkanes of at least 4 members (excludes halogenated alkanes) is 1. The Labute approximate surface area is 132 Å². The highest BCUT2D eigenvalue weighted by Gasteiger charge is 2.14. The van der Waals surface area contributed by atoms with Gasteiger partial charge in [-0.3, -0.25) is 4.79 Å². The van der Waals surface area contributed by atoms with Gasteiger partial charge in [0.05, 0.1) is 31.9 Å².